The Morgan fingerprint density at radius 1 is 0.473 bits per heavy atom. The fraction of sp³-hybridized carbons (Fsp3) is 0.740. The first-order valence-corrected chi connectivity index (χ1v) is 24.5. The first-order valence-electron chi connectivity index (χ1n) is 23.5. The maximum Gasteiger partial charge on any atom is 0.339 e. The normalized spacial score (nSPS) is 11.3. The van der Waals surface area contributed by atoms with Crippen LogP contribution in [0.4, 0.5) is 0 Å². The van der Waals surface area contributed by atoms with Gasteiger partial charge in [-0.25, -0.2) is 4.79 Å². The second-order valence-electron chi connectivity index (χ2n) is 16.1. The lowest BCUT2D eigenvalue weighted by atomic mass is 10.0. The average molecular weight is 875 g/mol. The quantitative estimate of drug-likeness (QED) is 0.0381. The molecule has 0 bridgehead atoms. The van der Waals surface area contributed by atoms with Crippen molar-refractivity contribution in [1.82, 2.24) is 0 Å². The van der Waals surface area contributed by atoms with Crippen LogP contribution in [0.3, 0.4) is 0 Å². The topological polar surface area (TPSA) is 44.8 Å². The SMILES string of the molecule is CCCCCCCCCCCCCCCCCCOc1ccc(COC(=O)c2ccccc2I)c(OCCCCCCCCCCCCCCCCCC)c1. The Balaban J connectivity index is 1.61. The highest BCUT2D eigenvalue weighted by atomic mass is 127. The summed E-state index contributed by atoms with van der Waals surface area (Å²) < 4.78 is 19.1. The van der Waals surface area contributed by atoms with Crippen LogP contribution in [0.15, 0.2) is 42.5 Å². The molecule has 2 aromatic rings. The number of ether oxygens (including phenoxy) is 3. The van der Waals surface area contributed by atoms with E-state index >= 15 is 0 Å². The van der Waals surface area contributed by atoms with Crippen LogP contribution in [0, 0.1) is 3.57 Å². The van der Waals surface area contributed by atoms with Gasteiger partial charge in [0, 0.05) is 15.2 Å². The van der Waals surface area contributed by atoms with E-state index in [2.05, 4.69) is 36.4 Å². The second kappa shape index (κ2) is 36.6. The summed E-state index contributed by atoms with van der Waals surface area (Å²) in [6.07, 6.45) is 43.5. The van der Waals surface area contributed by atoms with Crippen LogP contribution < -0.4 is 9.47 Å². The first-order chi connectivity index (χ1) is 27.2. The molecule has 0 saturated carbocycles. The average Bonchev–Trinajstić information content (AvgIpc) is 3.20. The van der Waals surface area contributed by atoms with Crippen LogP contribution in [0.5, 0.6) is 11.5 Å². The van der Waals surface area contributed by atoms with E-state index in [1.165, 1.54) is 193 Å². The number of hydrogen-bond donors (Lipinski definition) is 0. The van der Waals surface area contributed by atoms with Crippen LogP contribution in [-0.2, 0) is 11.3 Å². The van der Waals surface area contributed by atoms with Gasteiger partial charge in [0.15, 0.2) is 0 Å². The van der Waals surface area contributed by atoms with Crippen molar-refractivity contribution in [3.05, 3.63) is 57.2 Å². The third kappa shape index (κ3) is 27.5. The lowest BCUT2D eigenvalue weighted by Crippen LogP contribution is -2.09. The summed E-state index contributed by atoms with van der Waals surface area (Å²) in [5.74, 6) is 1.29. The highest BCUT2D eigenvalue weighted by Crippen LogP contribution is 2.27. The molecule has 0 atom stereocenters. The number of benzene rings is 2. The molecule has 4 nitrogen and oxygen atoms in total. The molecule has 0 aliphatic rings. The summed E-state index contributed by atoms with van der Waals surface area (Å²) in [5.41, 5.74) is 1.48. The summed E-state index contributed by atoms with van der Waals surface area (Å²) in [5, 5.41) is 0. The van der Waals surface area contributed by atoms with Gasteiger partial charge in [-0.05, 0) is 59.7 Å². The zero-order valence-corrected chi connectivity index (χ0v) is 38.0. The predicted molar refractivity (Wildman–Crippen MR) is 245 cm³/mol. The van der Waals surface area contributed by atoms with Crippen molar-refractivity contribution in [1.29, 1.82) is 0 Å². The molecule has 2 rings (SSSR count). The van der Waals surface area contributed by atoms with E-state index in [0.717, 1.165) is 40.1 Å². The van der Waals surface area contributed by atoms with Gasteiger partial charge in [-0.1, -0.05) is 219 Å². The number of halogens is 1. The standard InChI is InChI=1S/C50H83IO4/c1-3-5-7-9-11-13-15-17-19-21-23-25-27-29-31-35-41-53-46-40-39-45(44-55-50(52)47-37-33-34-38-48(47)51)49(43-46)54-42-36-32-30-28-26-24-22-20-18-16-14-12-10-8-6-4-2/h33-34,37-40,43H,3-32,35-36,41-42,44H2,1-2H3. The molecule has 2 aromatic carbocycles. The number of rotatable bonds is 39. The Labute approximate surface area is 353 Å². The monoisotopic (exact) mass is 875 g/mol. The van der Waals surface area contributed by atoms with Crippen molar-refractivity contribution < 1.29 is 19.0 Å². The lowest BCUT2D eigenvalue weighted by molar-refractivity contribution is 0.0468. The van der Waals surface area contributed by atoms with Gasteiger partial charge in [0.2, 0.25) is 0 Å². The molecule has 314 valence electrons. The Morgan fingerprint density at radius 3 is 1.27 bits per heavy atom. The van der Waals surface area contributed by atoms with E-state index < -0.39 is 0 Å². The van der Waals surface area contributed by atoms with Gasteiger partial charge in [-0.15, -0.1) is 0 Å². The highest BCUT2D eigenvalue weighted by molar-refractivity contribution is 14.1. The largest absolute Gasteiger partial charge is 0.493 e. The zero-order valence-electron chi connectivity index (χ0n) is 35.8. The first kappa shape index (κ1) is 49.4. The van der Waals surface area contributed by atoms with E-state index in [1.807, 2.05) is 42.5 Å². The van der Waals surface area contributed by atoms with Gasteiger partial charge in [0.05, 0.1) is 18.8 Å². The Kier molecular flexibility index (Phi) is 32.8. The number of carbonyl (C=O) groups is 1. The number of hydrogen-bond acceptors (Lipinski definition) is 4. The van der Waals surface area contributed by atoms with Crippen LogP contribution in [0.2, 0.25) is 0 Å². The van der Waals surface area contributed by atoms with Crippen LogP contribution in [0.25, 0.3) is 0 Å². The molecule has 0 heterocycles. The molecule has 0 aliphatic heterocycles. The molecule has 55 heavy (non-hydrogen) atoms. The summed E-state index contributed by atoms with van der Waals surface area (Å²) in [6.45, 7) is 6.15. The number of carbonyl (C=O) groups excluding carboxylic acids is 1. The van der Waals surface area contributed by atoms with E-state index in [1.54, 1.807) is 0 Å². The predicted octanol–water partition coefficient (Wildman–Crippen LogP) is 16.9. The summed E-state index contributed by atoms with van der Waals surface area (Å²) in [7, 11) is 0. The van der Waals surface area contributed by atoms with Crippen molar-refractivity contribution in [2.45, 2.75) is 226 Å². The maximum absolute atomic E-state index is 12.8. The van der Waals surface area contributed by atoms with Crippen LogP contribution >= 0.6 is 22.6 Å². The molecule has 0 radical (unpaired) electrons. The third-order valence-electron chi connectivity index (χ3n) is 11.0. The van der Waals surface area contributed by atoms with Crippen LogP contribution in [0.1, 0.15) is 235 Å². The van der Waals surface area contributed by atoms with Crippen molar-refractivity contribution in [3.8, 4) is 11.5 Å². The number of unbranched alkanes of at least 4 members (excludes halogenated alkanes) is 30. The van der Waals surface area contributed by atoms with E-state index in [-0.39, 0.29) is 12.6 Å². The summed E-state index contributed by atoms with van der Waals surface area (Å²) >= 11 is 2.18. The van der Waals surface area contributed by atoms with E-state index in [4.69, 9.17) is 14.2 Å². The van der Waals surface area contributed by atoms with Gasteiger partial charge >= 0.3 is 5.97 Å². The van der Waals surface area contributed by atoms with Crippen molar-refractivity contribution in [2.75, 3.05) is 13.2 Å². The Hall–Kier alpha value is -1.76. The van der Waals surface area contributed by atoms with Gasteiger partial charge in [-0.2, -0.15) is 0 Å². The smallest absolute Gasteiger partial charge is 0.339 e. The minimum absolute atomic E-state index is 0.178. The minimum Gasteiger partial charge on any atom is -0.493 e. The molecule has 0 aromatic heterocycles. The molecular formula is C50H83IO4. The molecule has 0 fully saturated rings. The maximum atomic E-state index is 12.8. The Bertz CT molecular complexity index is 1170. The van der Waals surface area contributed by atoms with E-state index in [0.29, 0.717) is 12.2 Å². The molecule has 5 heteroatoms. The third-order valence-corrected chi connectivity index (χ3v) is 12.0. The van der Waals surface area contributed by atoms with Gasteiger partial charge in [0.1, 0.15) is 18.1 Å². The van der Waals surface area contributed by atoms with Crippen molar-refractivity contribution in [2.24, 2.45) is 0 Å². The Morgan fingerprint density at radius 2 is 0.855 bits per heavy atom. The highest BCUT2D eigenvalue weighted by Gasteiger charge is 2.14. The fourth-order valence-corrected chi connectivity index (χ4v) is 8.01. The lowest BCUT2D eigenvalue weighted by Gasteiger charge is -2.15. The van der Waals surface area contributed by atoms with Crippen molar-refractivity contribution >= 4 is 28.6 Å². The fourth-order valence-electron chi connectivity index (χ4n) is 7.40. The van der Waals surface area contributed by atoms with Gasteiger partial charge in [-0.3, -0.25) is 0 Å². The zero-order chi connectivity index (χ0) is 39.3. The van der Waals surface area contributed by atoms with E-state index in [9.17, 15) is 4.79 Å². The van der Waals surface area contributed by atoms with Gasteiger partial charge in [0.25, 0.3) is 0 Å². The molecule has 0 amide bonds. The molecule has 0 saturated heterocycles. The molecule has 0 spiro atoms. The van der Waals surface area contributed by atoms with Gasteiger partial charge < -0.3 is 14.2 Å². The molecule has 0 aliphatic carbocycles. The van der Waals surface area contributed by atoms with Crippen LogP contribution in [-0.4, -0.2) is 19.2 Å². The number of esters is 1. The second-order valence-corrected chi connectivity index (χ2v) is 17.3. The minimum atomic E-state index is -0.308. The molecule has 0 unspecified atom stereocenters. The molecule has 0 N–H and O–H groups in total. The van der Waals surface area contributed by atoms with Crippen molar-refractivity contribution in [3.63, 3.8) is 0 Å². The molecular weight excluding hydrogens is 791 g/mol. The summed E-state index contributed by atoms with van der Waals surface area (Å²) in [6, 6.07) is 13.5. The summed E-state index contributed by atoms with van der Waals surface area (Å²) in [4.78, 5) is 12.8.